The Kier molecular flexibility index (Phi) is 2.89. The van der Waals surface area contributed by atoms with E-state index in [1.165, 1.54) is 0 Å². The number of fused-ring (bicyclic) bond motifs is 1. The van der Waals surface area contributed by atoms with Crippen molar-refractivity contribution >= 4 is 29.5 Å². The van der Waals surface area contributed by atoms with Gasteiger partial charge in [0.25, 0.3) is 0 Å². The van der Waals surface area contributed by atoms with E-state index >= 15 is 0 Å². The molecule has 3 aromatic rings. The van der Waals surface area contributed by atoms with Crippen LogP contribution in [0.25, 0.3) is 11.0 Å². The number of H-pyrrole nitrogens is 1. The maximum Gasteiger partial charge on any atom is 0.199 e. The van der Waals surface area contributed by atoms with Crippen LogP contribution in [0.4, 0.5) is 0 Å². The number of benzene rings is 2. The molecule has 0 atom stereocenters. The highest BCUT2D eigenvalue weighted by Crippen LogP contribution is 2.15. The molecule has 94 valence electrons. The highest BCUT2D eigenvalue weighted by Gasteiger charge is 2.01. The van der Waals surface area contributed by atoms with Crippen molar-refractivity contribution in [3.63, 3.8) is 0 Å². The topological polar surface area (TPSA) is 53.3 Å². The van der Waals surface area contributed by atoms with Gasteiger partial charge in [-0.2, -0.15) is 5.10 Å². The number of aromatic nitrogens is 2. The average Bonchev–Trinajstić information content (AvgIpc) is 2.74. The van der Waals surface area contributed by atoms with Crippen LogP contribution in [-0.4, -0.2) is 21.0 Å². The summed E-state index contributed by atoms with van der Waals surface area (Å²) in [5.41, 5.74) is 2.48. The highest BCUT2D eigenvalue weighted by molar-refractivity contribution is 7.71. The molecule has 5 heteroatoms. The summed E-state index contributed by atoms with van der Waals surface area (Å²) in [6, 6.07) is 14.8. The smallest absolute Gasteiger partial charge is 0.199 e. The van der Waals surface area contributed by atoms with Crippen molar-refractivity contribution in [2.24, 2.45) is 5.10 Å². The summed E-state index contributed by atoms with van der Waals surface area (Å²) in [4.78, 5) is 3.08. The third-order valence-corrected chi connectivity index (χ3v) is 3.09. The van der Waals surface area contributed by atoms with Crippen LogP contribution >= 0.6 is 12.2 Å². The fourth-order valence-corrected chi connectivity index (χ4v) is 2.13. The number of para-hydroxylation sites is 3. The zero-order chi connectivity index (χ0) is 13.2. The van der Waals surface area contributed by atoms with E-state index in [0.29, 0.717) is 10.3 Å². The van der Waals surface area contributed by atoms with Gasteiger partial charge in [0.1, 0.15) is 5.75 Å². The summed E-state index contributed by atoms with van der Waals surface area (Å²) >= 11 is 5.23. The SMILES string of the molecule is Oc1ccccc1/C=N/n1c(=S)[nH]c2ccccc21. The summed E-state index contributed by atoms with van der Waals surface area (Å²) in [6.45, 7) is 0. The number of aromatic amines is 1. The maximum absolute atomic E-state index is 9.69. The Bertz CT molecular complexity index is 817. The predicted octanol–water partition coefficient (Wildman–Crippen LogP) is 3.29. The van der Waals surface area contributed by atoms with Crippen molar-refractivity contribution in [1.82, 2.24) is 9.66 Å². The average molecular weight is 269 g/mol. The second kappa shape index (κ2) is 4.70. The molecule has 3 rings (SSSR count). The molecule has 1 heterocycles. The van der Waals surface area contributed by atoms with E-state index in [4.69, 9.17) is 12.2 Å². The molecule has 0 fully saturated rings. The van der Waals surface area contributed by atoms with Crippen LogP contribution in [0.1, 0.15) is 5.56 Å². The number of imidazole rings is 1. The Morgan fingerprint density at radius 3 is 2.68 bits per heavy atom. The molecule has 0 spiro atoms. The maximum atomic E-state index is 9.69. The van der Waals surface area contributed by atoms with Crippen molar-refractivity contribution < 1.29 is 5.11 Å². The molecule has 0 saturated heterocycles. The lowest BCUT2D eigenvalue weighted by molar-refractivity contribution is 0.474. The third-order valence-electron chi connectivity index (χ3n) is 2.82. The molecule has 0 unspecified atom stereocenters. The van der Waals surface area contributed by atoms with Gasteiger partial charge in [0.15, 0.2) is 4.77 Å². The highest BCUT2D eigenvalue weighted by atomic mass is 32.1. The van der Waals surface area contributed by atoms with Crippen LogP contribution in [0.3, 0.4) is 0 Å². The van der Waals surface area contributed by atoms with Crippen molar-refractivity contribution in [3.8, 4) is 5.75 Å². The molecule has 4 nitrogen and oxygen atoms in total. The van der Waals surface area contributed by atoms with Crippen molar-refractivity contribution in [3.05, 3.63) is 58.9 Å². The quantitative estimate of drug-likeness (QED) is 0.554. The molecule has 2 N–H and O–H groups in total. The minimum absolute atomic E-state index is 0.192. The molecule has 1 aromatic heterocycles. The summed E-state index contributed by atoms with van der Waals surface area (Å²) in [7, 11) is 0. The number of hydrogen-bond acceptors (Lipinski definition) is 3. The Hall–Kier alpha value is -2.40. The first-order valence-corrected chi connectivity index (χ1v) is 6.18. The fourth-order valence-electron chi connectivity index (χ4n) is 1.87. The standard InChI is InChI=1S/C14H11N3OS/c18-13-8-4-1-5-10(13)9-15-17-12-7-3-2-6-11(12)16-14(17)19/h1-9,18H,(H,16,19)/b15-9+. The summed E-state index contributed by atoms with van der Waals surface area (Å²) in [5, 5.41) is 14.0. The number of phenols is 1. The molecular formula is C14H11N3OS. The molecule has 0 radical (unpaired) electrons. The van der Waals surface area contributed by atoms with E-state index < -0.39 is 0 Å². The van der Waals surface area contributed by atoms with Crippen molar-refractivity contribution in [1.29, 1.82) is 0 Å². The number of nitrogens with zero attached hydrogens (tertiary/aromatic N) is 2. The molecule has 0 amide bonds. The van der Waals surface area contributed by atoms with Gasteiger partial charge in [-0.15, -0.1) is 0 Å². The zero-order valence-electron chi connectivity index (χ0n) is 9.95. The van der Waals surface area contributed by atoms with Crippen LogP contribution in [-0.2, 0) is 0 Å². The molecule has 19 heavy (non-hydrogen) atoms. The lowest BCUT2D eigenvalue weighted by Crippen LogP contribution is -1.90. The predicted molar refractivity (Wildman–Crippen MR) is 78.2 cm³/mol. The van der Waals surface area contributed by atoms with Crippen molar-refractivity contribution in [2.45, 2.75) is 0 Å². The molecule has 0 aliphatic carbocycles. The van der Waals surface area contributed by atoms with Gasteiger partial charge in [-0.3, -0.25) is 0 Å². The zero-order valence-corrected chi connectivity index (χ0v) is 10.8. The van der Waals surface area contributed by atoms with Gasteiger partial charge in [0, 0.05) is 5.56 Å². The largest absolute Gasteiger partial charge is 0.507 e. The lowest BCUT2D eigenvalue weighted by atomic mass is 10.2. The first-order chi connectivity index (χ1) is 9.25. The van der Waals surface area contributed by atoms with Gasteiger partial charge in [0.2, 0.25) is 0 Å². The number of aromatic hydroxyl groups is 1. The number of phenolic OH excluding ortho intramolecular Hbond substituents is 1. The second-order valence-electron chi connectivity index (χ2n) is 4.06. The van der Waals surface area contributed by atoms with E-state index in [1.54, 1.807) is 29.1 Å². The first kappa shape index (κ1) is 11.7. The van der Waals surface area contributed by atoms with Gasteiger partial charge < -0.3 is 10.1 Å². The van der Waals surface area contributed by atoms with E-state index in [2.05, 4.69) is 10.1 Å². The Morgan fingerprint density at radius 2 is 1.84 bits per heavy atom. The third kappa shape index (κ3) is 2.15. The number of nitrogens with one attached hydrogen (secondary N) is 1. The van der Waals surface area contributed by atoms with Crippen LogP contribution in [0, 0.1) is 4.77 Å². The Morgan fingerprint density at radius 1 is 1.11 bits per heavy atom. The summed E-state index contributed by atoms with van der Waals surface area (Å²) in [6.07, 6.45) is 1.59. The van der Waals surface area contributed by atoms with Crippen molar-refractivity contribution in [2.75, 3.05) is 0 Å². The van der Waals surface area contributed by atoms with Gasteiger partial charge in [-0.1, -0.05) is 24.3 Å². The monoisotopic (exact) mass is 269 g/mol. The molecule has 0 saturated carbocycles. The van der Waals surface area contributed by atoms with Crippen LogP contribution in [0.5, 0.6) is 5.75 Å². The van der Waals surface area contributed by atoms with Crippen LogP contribution in [0.15, 0.2) is 53.6 Å². The van der Waals surface area contributed by atoms with Gasteiger partial charge in [-0.05, 0) is 36.5 Å². The van der Waals surface area contributed by atoms with Gasteiger partial charge >= 0.3 is 0 Å². The second-order valence-corrected chi connectivity index (χ2v) is 4.45. The minimum Gasteiger partial charge on any atom is -0.507 e. The van der Waals surface area contributed by atoms with E-state index in [1.807, 2.05) is 30.3 Å². The first-order valence-electron chi connectivity index (χ1n) is 5.78. The number of rotatable bonds is 2. The van der Waals surface area contributed by atoms with Crippen LogP contribution < -0.4 is 0 Å². The summed E-state index contributed by atoms with van der Waals surface area (Å²) < 4.78 is 2.16. The van der Waals surface area contributed by atoms with E-state index in [9.17, 15) is 5.11 Å². The summed E-state index contributed by atoms with van der Waals surface area (Å²) in [5.74, 6) is 0.192. The molecule has 0 aliphatic heterocycles. The van der Waals surface area contributed by atoms with Crippen LogP contribution in [0.2, 0.25) is 0 Å². The Labute approximate surface area is 114 Å². The van der Waals surface area contributed by atoms with E-state index in [0.717, 1.165) is 11.0 Å². The Balaban J connectivity index is 2.09. The molecule has 0 bridgehead atoms. The normalized spacial score (nSPS) is 11.4. The van der Waals surface area contributed by atoms with Gasteiger partial charge in [-0.25, -0.2) is 4.68 Å². The van der Waals surface area contributed by atoms with E-state index in [-0.39, 0.29) is 5.75 Å². The van der Waals surface area contributed by atoms with Gasteiger partial charge in [0.05, 0.1) is 17.2 Å². The fraction of sp³-hybridized carbons (Fsp3) is 0. The molecule has 0 aliphatic rings. The lowest BCUT2D eigenvalue weighted by Gasteiger charge is -1.98. The number of hydrogen-bond donors (Lipinski definition) is 2. The molecule has 2 aromatic carbocycles. The minimum atomic E-state index is 0.192. The molecular weight excluding hydrogens is 258 g/mol.